The zero-order valence-electron chi connectivity index (χ0n) is 14.5. The number of nitrogens with one attached hydrogen (secondary N) is 2. The number of amides is 1. The number of benzene rings is 1. The van der Waals surface area contributed by atoms with Crippen molar-refractivity contribution >= 4 is 11.7 Å². The first-order chi connectivity index (χ1) is 12.2. The topological polar surface area (TPSA) is 72.5 Å². The molecule has 0 spiro atoms. The standard InChI is InChI=1S/C19H23N3O3/c1-13-6-7-20-17(10-13)21-8-9-22-19(23)15-11-14-4-3-5-16(24-2)18(14)25-12-15/h3-7,10,15H,8-9,11-12H2,1-2H3,(H,20,21)(H,22,23)/t15-/m0/s1. The molecule has 0 radical (unpaired) electrons. The molecule has 0 aliphatic carbocycles. The maximum absolute atomic E-state index is 12.4. The number of nitrogens with zero attached hydrogens (tertiary/aromatic N) is 1. The molecule has 2 N–H and O–H groups in total. The van der Waals surface area contributed by atoms with E-state index < -0.39 is 0 Å². The Labute approximate surface area is 147 Å². The molecule has 1 aliphatic rings. The Hall–Kier alpha value is -2.76. The van der Waals surface area contributed by atoms with Gasteiger partial charge in [-0.05, 0) is 42.7 Å². The van der Waals surface area contributed by atoms with Gasteiger partial charge in [-0.2, -0.15) is 0 Å². The minimum absolute atomic E-state index is 0.00692. The van der Waals surface area contributed by atoms with E-state index in [-0.39, 0.29) is 11.8 Å². The van der Waals surface area contributed by atoms with Crippen LogP contribution in [0.15, 0.2) is 36.5 Å². The van der Waals surface area contributed by atoms with Crippen LogP contribution in [-0.2, 0) is 11.2 Å². The lowest BCUT2D eigenvalue weighted by molar-refractivity contribution is -0.126. The highest BCUT2D eigenvalue weighted by atomic mass is 16.5. The largest absolute Gasteiger partial charge is 0.493 e. The molecule has 6 nitrogen and oxygen atoms in total. The highest BCUT2D eigenvalue weighted by Gasteiger charge is 2.27. The molecule has 132 valence electrons. The van der Waals surface area contributed by atoms with Gasteiger partial charge in [-0.1, -0.05) is 12.1 Å². The smallest absolute Gasteiger partial charge is 0.226 e. The van der Waals surface area contributed by atoms with Crippen molar-refractivity contribution in [3.8, 4) is 11.5 Å². The summed E-state index contributed by atoms with van der Waals surface area (Å²) in [6.45, 7) is 3.55. The average Bonchev–Trinajstić information content (AvgIpc) is 2.64. The normalized spacial score (nSPS) is 15.7. The number of anilines is 1. The second-order valence-electron chi connectivity index (χ2n) is 6.10. The molecule has 2 heterocycles. The number of hydrogen-bond donors (Lipinski definition) is 2. The summed E-state index contributed by atoms with van der Waals surface area (Å²) in [5, 5.41) is 6.16. The molecule has 1 atom stereocenters. The first-order valence-corrected chi connectivity index (χ1v) is 8.40. The quantitative estimate of drug-likeness (QED) is 0.788. The van der Waals surface area contributed by atoms with E-state index in [9.17, 15) is 4.79 Å². The number of hydrogen-bond acceptors (Lipinski definition) is 5. The molecule has 6 heteroatoms. The lowest BCUT2D eigenvalue weighted by Crippen LogP contribution is -2.39. The number of aryl methyl sites for hydroxylation is 1. The van der Waals surface area contributed by atoms with Gasteiger partial charge in [-0.3, -0.25) is 4.79 Å². The molecule has 3 rings (SSSR count). The molecule has 25 heavy (non-hydrogen) atoms. The van der Waals surface area contributed by atoms with Crippen LogP contribution in [0.25, 0.3) is 0 Å². The zero-order chi connectivity index (χ0) is 17.6. The van der Waals surface area contributed by atoms with E-state index >= 15 is 0 Å². The molecule has 0 saturated heterocycles. The average molecular weight is 341 g/mol. The van der Waals surface area contributed by atoms with Gasteiger partial charge in [0.1, 0.15) is 12.4 Å². The first-order valence-electron chi connectivity index (χ1n) is 8.40. The van der Waals surface area contributed by atoms with Gasteiger partial charge in [0.05, 0.1) is 13.0 Å². The number of carbonyl (C=O) groups excluding carboxylic acids is 1. The lowest BCUT2D eigenvalue weighted by Gasteiger charge is -2.25. The summed E-state index contributed by atoms with van der Waals surface area (Å²) < 4.78 is 11.1. The van der Waals surface area contributed by atoms with E-state index in [2.05, 4.69) is 15.6 Å². The van der Waals surface area contributed by atoms with Crippen molar-refractivity contribution in [3.63, 3.8) is 0 Å². The Balaban J connectivity index is 1.47. The highest BCUT2D eigenvalue weighted by molar-refractivity contribution is 5.79. The Bertz CT molecular complexity index is 748. The summed E-state index contributed by atoms with van der Waals surface area (Å²) in [7, 11) is 1.62. The van der Waals surface area contributed by atoms with Crippen molar-refractivity contribution < 1.29 is 14.3 Å². The van der Waals surface area contributed by atoms with Crippen LogP contribution in [0.3, 0.4) is 0 Å². The molecular weight excluding hydrogens is 318 g/mol. The number of pyridine rings is 1. The van der Waals surface area contributed by atoms with Crippen LogP contribution in [0.1, 0.15) is 11.1 Å². The van der Waals surface area contributed by atoms with E-state index in [4.69, 9.17) is 9.47 Å². The third kappa shape index (κ3) is 4.21. The van der Waals surface area contributed by atoms with Crippen LogP contribution in [0, 0.1) is 12.8 Å². The van der Waals surface area contributed by atoms with E-state index in [1.807, 2.05) is 37.3 Å². The maximum Gasteiger partial charge on any atom is 0.226 e. The van der Waals surface area contributed by atoms with Gasteiger partial charge in [0.15, 0.2) is 11.5 Å². The SMILES string of the molecule is COc1cccc2c1OC[C@@H](C(=O)NCCNc1cc(C)ccn1)C2. The predicted molar refractivity (Wildman–Crippen MR) is 96.2 cm³/mol. The molecule has 1 aromatic heterocycles. The third-order valence-electron chi connectivity index (χ3n) is 4.19. The minimum atomic E-state index is -0.184. The Morgan fingerprint density at radius 1 is 1.36 bits per heavy atom. The van der Waals surface area contributed by atoms with Crippen molar-refractivity contribution in [1.29, 1.82) is 0 Å². The summed E-state index contributed by atoms with van der Waals surface area (Å²) >= 11 is 0. The minimum Gasteiger partial charge on any atom is -0.493 e. The number of ether oxygens (including phenoxy) is 2. The number of rotatable bonds is 6. The molecule has 2 aromatic rings. The number of carbonyl (C=O) groups is 1. The first kappa shape index (κ1) is 17.1. The van der Waals surface area contributed by atoms with Crippen molar-refractivity contribution in [2.75, 3.05) is 32.1 Å². The van der Waals surface area contributed by atoms with Crippen LogP contribution in [0.2, 0.25) is 0 Å². The summed E-state index contributed by atoms with van der Waals surface area (Å²) in [4.78, 5) is 16.6. The maximum atomic E-state index is 12.4. The number of methoxy groups -OCH3 is 1. The fourth-order valence-corrected chi connectivity index (χ4v) is 2.88. The van der Waals surface area contributed by atoms with Crippen molar-refractivity contribution in [2.24, 2.45) is 5.92 Å². The van der Waals surface area contributed by atoms with Crippen molar-refractivity contribution in [3.05, 3.63) is 47.7 Å². The second kappa shape index (κ2) is 7.88. The molecule has 0 fully saturated rings. The van der Waals surface area contributed by atoms with Gasteiger partial charge in [-0.25, -0.2) is 4.98 Å². The fraction of sp³-hybridized carbons (Fsp3) is 0.368. The Morgan fingerprint density at radius 3 is 3.04 bits per heavy atom. The number of fused-ring (bicyclic) bond motifs is 1. The fourth-order valence-electron chi connectivity index (χ4n) is 2.88. The Morgan fingerprint density at radius 2 is 2.24 bits per heavy atom. The molecule has 1 aliphatic heterocycles. The van der Waals surface area contributed by atoms with E-state index in [0.29, 0.717) is 31.9 Å². The van der Waals surface area contributed by atoms with E-state index in [1.54, 1.807) is 13.3 Å². The molecule has 1 amide bonds. The van der Waals surface area contributed by atoms with Crippen LogP contribution in [-0.4, -0.2) is 37.7 Å². The predicted octanol–water partition coefficient (Wildman–Crippen LogP) is 2.18. The summed E-state index contributed by atoms with van der Waals surface area (Å²) in [5.41, 5.74) is 2.16. The van der Waals surface area contributed by atoms with E-state index in [0.717, 1.165) is 22.7 Å². The van der Waals surface area contributed by atoms with Gasteiger partial charge in [0.25, 0.3) is 0 Å². The van der Waals surface area contributed by atoms with Gasteiger partial charge in [-0.15, -0.1) is 0 Å². The third-order valence-corrected chi connectivity index (χ3v) is 4.19. The van der Waals surface area contributed by atoms with Gasteiger partial charge in [0.2, 0.25) is 5.91 Å². The van der Waals surface area contributed by atoms with Gasteiger partial charge in [0, 0.05) is 19.3 Å². The van der Waals surface area contributed by atoms with Crippen molar-refractivity contribution in [2.45, 2.75) is 13.3 Å². The van der Waals surface area contributed by atoms with Crippen LogP contribution >= 0.6 is 0 Å². The Kier molecular flexibility index (Phi) is 5.38. The number of aromatic nitrogens is 1. The van der Waals surface area contributed by atoms with Crippen LogP contribution < -0.4 is 20.1 Å². The van der Waals surface area contributed by atoms with Crippen LogP contribution in [0.5, 0.6) is 11.5 Å². The molecule has 1 aromatic carbocycles. The number of para-hydroxylation sites is 1. The monoisotopic (exact) mass is 341 g/mol. The highest BCUT2D eigenvalue weighted by Crippen LogP contribution is 2.35. The summed E-state index contributed by atoms with van der Waals surface area (Å²) in [6.07, 6.45) is 2.42. The molecule has 0 saturated carbocycles. The molecule has 0 unspecified atom stereocenters. The second-order valence-corrected chi connectivity index (χ2v) is 6.10. The lowest BCUT2D eigenvalue weighted by atomic mass is 9.95. The summed E-state index contributed by atoms with van der Waals surface area (Å²) in [6, 6.07) is 9.68. The van der Waals surface area contributed by atoms with Crippen LogP contribution in [0.4, 0.5) is 5.82 Å². The zero-order valence-corrected chi connectivity index (χ0v) is 14.5. The van der Waals surface area contributed by atoms with Gasteiger partial charge < -0.3 is 20.1 Å². The van der Waals surface area contributed by atoms with Crippen molar-refractivity contribution in [1.82, 2.24) is 10.3 Å². The molecule has 0 bridgehead atoms. The summed E-state index contributed by atoms with van der Waals surface area (Å²) in [5.74, 6) is 2.10. The van der Waals surface area contributed by atoms with E-state index in [1.165, 1.54) is 0 Å². The van der Waals surface area contributed by atoms with Gasteiger partial charge >= 0.3 is 0 Å². The molecular formula is C19H23N3O3.